The number of aliphatic carboxylic acids is 2. The summed E-state index contributed by atoms with van der Waals surface area (Å²) in [4.78, 5) is 148. The Bertz CT molecular complexity index is 4710. The van der Waals surface area contributed by atoms with E-state index in [0.29, 0.717) is 34.3 Å². The molecule has 11 rings (SSSR count). The van der Waals surface area contributed by atoms with Crippen LogP contribution in [0.5, 0.6) is 28.7 Å². The molecule has 0 saturated carbocycles. The average molecular weight is 1710 g/mol. The number of methoxy groups -OCH3 is 2. The maximum Gasteiger partial charge on any atom is 0.416 e. The Morgan fingerprint density at radius 3 is 1.58 bits per heavy atom. The van der Waals surface area contributed by atoms with Gasteiger partial charge in [0.25, 0.3) is 11.8 Å². The lowest BCUT2D eigenvalue weighted by Gasteiger charge is -2.38. The number of aliphatic hydroxyl groups excluding tert-OH is 8. The van der Waals surface area contributed by atoms with E-state index in [1.54, 1.807) is 25.1 Å². The molecule has 658 valence electrons. The van der Waals surface area contributed by atoms with E-state index in [1.165, 1.54) is 84.7 Å². The minimum absolute atomic E-state index is 0.0108. The van der Waals surface area contributed by atoms with Crippen molar-refractivity contribution in [2.75, 3.05) is 102 Å². The number of carbonyl (C=O) groups excluding carboxylic acids is 9. The van der Waals surface area contributed by atoms with Crippen LogP contribution in [0.25, 0.3) is 0 Å². The summed E-state index contributed by atoms with van der Waals surface area (Å²) in [7, 11) is 2.77. The summed E-state index contributed by atoms with van der Waals surface area (Å²) in [6.45, 7) is 6.71. The van der Waals surface area contributed by atoms with Crippen molar-refractivity contribution in [2.24, 2.45) is 5.90 Å². The van der Waals surface area contributed by atoms with Crippen molar-refractivity contribution in [2.45, 2.75) is 152 Å². The highest BCUT2D eigenvalue weighted by atomic mass is 16.7. The van der Waals surface area contributed by atoms with Crippen LogP contribution < -0.4 is 44.7 Å². The number of ether oxygens (including phenoxy) is 13. The number of nitrogens with two attached hydrogens (primary N) is 1. The first-order valence-electron chi connectivity index (χ1n) is 38.2. The standard InChI is InChI=1S/C80H94N6O33.CO2/c1-40-20-54-74(100)85(79(104)114-34-44-11-13-60(51(27-44)57(88)9-7-15-116-81)118-78-70(97)67(94)68(95)71(119-78)76(102)103)52-29-61(42(3)22-48(52)72(98)83(54)31-40)111-35-45-23-46(25-47(24-45)82-64(90)38-109-18-16-108-17-19-110-39-65(91)92)36-112-63-30-53-49(28-62(63)107-5)73(99)84-32-41(2)21-55(84)75(101)86(53)80(105)115-33-43-10-12-59(50(26-43)56(87)8-6-14-106-4)117-77-69(96)66(93)58(89)37-113-77;2-1-3/h10-13,22-30,54-55,58,66-71,74-75,77-78,89,93-97,100-101H,1-2,6-9,14-21,31-39,81H2,3-5H3,(H,82,90)(H,91,92)(H,102,103);/t54-,55-,58+,66-,67-,68-,69+,70+,71-,74?,75?,77-,78?;/m0./s1. The van der Waals surface area contributed by atoms with Crippen LogP contribution in [0.1, 0.15) is 108 Å². The predicted molar refractivity (Wildman–Crippen MR) is 413 cm³/mol. The first kappa shape index (κ1) is 92.8. The number of aryl methyl sites for hydroxylation is 1. The molecule has 41 nitrogen and oxygen atoms in total. The maximum atomic E-state index is 14.8. The maximum absolute atomic E-state index is 14.8. The van der Waals surface area contributed by atoms with Gasteiger partial charge in [-0.25, -0.2) is 34.9 Å². The third-order valence-corrected chi connectivity index (χ3v) is 20.2. The number of hydrogen-bond donors (Lipinski definition) is 12. The van der Waals surface area contributed by atoms with E-state index in [4.69, 9.17) is 82.2 Å². The Balaban J connectivity index is 0.00000512. The number of carboxylic acid groups (broad SMARTS) is 2. The zero-order valence-electron chi connectivity index (χ0n) is 66.3. The van der Waals surface area contributed by atoms with E-state index in [-0.39, 0.29) is 183 Å². The van der Waals surface area contributed by atoms with Gasteiger partial charge in [-0.15, -0.1) is 0 Å². The van der Waals surface area contributed by atoms with E-state index >= 15 is 0 Å². The van der Waals surface area contributed by atoms with Crippen molar-refractivity contribution in [3.8, 4) is 28.7 Å². The minimum Gasteiger partial charge on any atom is -0.493 e. The lowest BCUT2D eigenvalue weighted by Crippen LogP contribution is -2.61. The summed E-state index contributed by atoms with van der Waals surface area (Å²) in [6, 6.07) is 16.2. The van der Waals surface area contributed by atoms with Crippen LogP contribution in [-0.4, -0.2) is 287 Å². The van der Waals surface area contributed by atoms with Gasteiger partial charge in [-0.05, 0) is 115 Å². The molecule has 0 bridgehead atoms. The Morgan fingerprint density at radius 2 is 1.06 bits per heavy atom. The fraction of sp³-hybridized carbons (Fsp3) is 0.457. The molecule has 122 heavy (non-hydrogen) atoms. The van der Waals surface area contributed by atoms with Gasteiger partial charge < -0.3 is 133 Å². The van der Waals surface area contributed by atoms with Gasteiger partial charge in [0.15, 0.2) is 41.6 Å². The van der Waals surface area contributed by atoms with Crippen molar-refractivity contribution in [1.29, 1.82) is 0 Å². The van der Waals surface area contributed by atoms with Gasteiger partial charge in [0.1, 0.15) is 93.5 Å². The van der Waals surface area contributed by atoms with E-state index in [2.05, 4.69) is 23.3 Å². The Kier molecular flexibility index (Phi) is 32.6. The number of carbonyl (C=O) groups is 9. The smallest absolute Gasteiger partial charge is 0.416 e. The van der Waals surface area contributed by atoms with Gasteiger partial charge in [-0.2, -0.15) is 9.59 Å². The molecule has 0 spiro atoms. The third-order valence-electron chi connectivity index (χ3n) is 20.2. The molecular weight excluding hydrogens is 1620 g/mol. The number of benzene rings is 5. The van der Waals surface area contributed by atoms with Gasteiger partial charge in [0.2, 0.25) is 18.5 Å². The monoisotopic (exact) mass is 1710 g/mol. The molecule has 5 aromatic carbocycles. The number of anilines is 3. The first-order chi connectivity index (χ1) is 58.4. The van der Waals surface area contributed by atoms with Gasteiger partial charge in [-0.1, -0.05) is 36.4 Å². The topological polar surface area (TPSA) is 570 Å². The number of carboxylic acids is 2. The third kappa shape index (κ3) is 22.6. The van der Waals surface area contributed by atoms with E-state index < -0.39 is 166 Å². The van der Waals surface area contributed by atoms with Crippen LogP contribution in [0, 0.1) is 6.92 Å². The van der Waals surface area contributed by atoms with Gasteiger partial charge >= 0.3 is 30.3 Å². The number of nitrogens with zero attached hydrogens (tertiary/aromatic N) is 4. The van der Waals surface area contributed by atoms with E-state index in [0.717, 1.165) is 9.80 Å². The normalized spacial score (nSPS) is 22.8. The zero-order chi connectivity index (χ0) is 88.3. The second-order valence-corrected chi connectivity index (χ2v) is 28.9. The average Bonchev–Trinajstić information content (AvgIpc) is 1.60. The largest absolute Gasteiger partial charge is 0.493 e. The molecule has 5 amide bonds. The molecule has 4 fully saturated rings. The molecule has 3 unspecified atom stereocenters. The van der Waals surface area contributed by atoms with Crippen LogP contribution in [-0.2, 0) is 93.1 Å². The molecule has 0 aliphatic carbocycles. The molecule has 6 heterocycles. The van der Waals surface area contributed by atoms with Crippen molar-refractivity contribution >= 4 is 76.6 Å². The van der Waals surface area contributed by atoms with Crippen LogP contribution in [0.4, 0.5) is 26.7 Å². The fourth-order valence-electron chi connectivity index (χ4n) is 14.2. The quantitative estimate of drug-likeness (QED) is 0.0116. The Labute approximate surface area is 695 Å². The second-order valence-electron chi connectivity index (χ2n) is 28.9. The van der Waals surface area contributed by atoms with Crippen molar-refractivity contribution in [1.82, 2.24) is 9.80 Å². The summed E-state index contributed by atoms with van der Waals surface area (Å²) >= 11 is 0. The van der Waals surface area contributed by atoms with Crippen molar-refractivity contribution in [3.05, 3.63) is 153 Å². The lowest BCUT2D eigenvalue weighted by atomic mass is 9.98. The van der Waals surface area contributed by atoms with Crippen molar-refractivity contribution < 1.29 is 170 Å². The number of Topliss-reactive ketones (excluding diaryl/α,β-unsaturated/α-hetero) is 2. The number of hydrogen-bond acceptors (Lipinski definition) is 34. The number of aliphatic hydroxyl groups is 8. The first-order valence-corrected chi connectivity index (χ1v) is 38.2. The Hall–Kier alpha value is -11.4. The molecule has 6 aliphatic heterocycles. The summed E-state index contributed by atoms with van der Waals surface area (Å²) in [5, 5.41) is 109. The van der Waals surface area contributed by atoms with E-state index in [1.807, 2.05) is 0 Å². The molecule has 5 aromatic rings. The summed E-state index contributed by atoms with van der Waals surface area (Å²) < 4.78 is 74.2. The number of rotatable bonds is 37. The SMILES string of the molecule is C=C1C[C@H]2C(O)N(C(=O)OCc3ccc(OC4O[C@H](C(=O)O)[C@@H](O)[C@H](O)[C@H]4O)c(C(=O)CCCON)c3)c3cc(OCc4cc(COc5cc6c(cc5OC)C(=O)N5CC(=C)C[C@H]5C(O)N6C(=O)OCc5ccc(O[C@@H]6OC[C@@H](O)[C@H](O)[C@H]6O)c(C(=O)CCCOC)c5)cc(NC(=O)COCCOCCOCC(=O)O)c4)c(C)cc3C(=O)N2C1.O=C=O. The molecule has 13 atom stereocenters. The Morgan fingerprint density at radius 1 is 0.557 bits per heavy atom. The van der Waals surface area contributed by atoms with Crippen LogP contribution in [0.15, 0.2) is 103 Å². The van der Waals surface area contributed by atoms with Gasteiger partial charge in [-0.3, -0.25) is 24.0 Å². The number of amides is 5. The molecule has 4 saturated heterocycles. The minimum atomic E-state index is -2.05. The molecular formula is C81H94N6O35. The van der Waals surface area contributed by atoms with Gasteiger partial charge in [0.05, 0.1) is 92.5 Å². The highest BCUT2D eigenvalue weighted by Crippen LogP contribution is 2.45. The number of ketones is 2. The van der Waals surface area contributed by atoms with Crippen LogP contribution in [0.3, 0.4) is 0 Å². The molecule has 6 aliphatic rings. The van der Waals surface area contributed by atoms with Crippen LogP contribution >= 0.6 is 0 Å². The zero-order valence-corrected chi connectivity index (χ0v) is 66.3. The lowest BCUT2D eigenvalue weighted by molar-refractivity contribution is -0.271. The predicted octanol–water partition coefficient (Wildman–Crippen LogP) is 1.69. The fourth-order valence-corrected chi connectivity index (χ4v) is 14.2. The second kappa shape index (κ2) is 42.9. The molecule has 41 heteroatoms. The van der Waals surface area contributed by atoms with Crippen LogP contribution in [0.2, 0.25) is 0 Å². The summed E-state index contributed by atoms with van der Waals surface area (Å²) in [5.74, 6) is -0.889. The number of fused-ring (bicyclic) bond motifs is 4. The molecule has 0 aromatic heterocycles. The molecule has 0 radical (unpaired) electrons. The summed E-state index contributed by atoms with van der Waals surface area (Å²) in [6.07, 6.45) is -21.7. The molecule has 13 N–H and O–H groups in total. The summed E-state index contributed by atoms with van der Waals surface area (Å²) in [5.41, 5.74) is 2.03. The van der Waals surface area contributed by atoms with Crippen molar-refractivity contribution in [3.63, 3.8) is 0 Å². The highest BCUT2D eigenvalue weighted by molar-refractivity contribution is 6.07. The van der Waals surface area contributed by atoms with E-state index in [9.17, 15) is 89.1 Å². The number of nitrogens with one attached hydrogen (secondary N) is 1. The van der Waals surface area contributed by atoms with Gasteiger partial charge in [0, 0.05) is 57.5 Å². The highest BCUT2D eigenvalue weighted by Gasteiger charge is 2.51.